The fraction of sp³-hybridized carbons (Fsp3) is 0.190. The molecule has 0 bridgehead atoms. The van der Waals surface area contributed by atoms with Crippen LogP contribution in [0, 0.1) is 0 Å². The summed E-state index contributed by atoms with van der Waals surface area (Å²) in [5.74, 6) is 0.168. The zero-order valence-electron chi connectivity index (χ0n) is 13.1. The molecule has 1 aliphatic carbocycles. The van der Waals surface area contributed by atoms with E-state index in [4.69, 9.17) is 0 Å². The predicted molar refractivity (Wildman–Crippen MR) is 91.5 cm³/mol. The zero-order valence-corrected chi connectivity index (χ0v) is 13.1. The van der Waals surface area contributed by atoms with E-state index in [0.717, 1.165) is 27.8 Å². The van der Waals surface area contributed by atoms with Crippen molar-refractivity contribution < 1.29 is 4.79 Å². The molecule has 1 nitrogen and oxygen atoms in total. The van der Waals surface area contributed by atoms with E-state index < -0.39 is 0 Å². The van der Waals surface area contributed by atoms with Gasteiger partial charge < -0.3 is 0 Å². The molecule has 0 fully saturated rings. The number of carbonyl (C=O) groups excluding carboxylic acids is 1. The van der Waals surface area contributed by atoms with Crippen LogP contribution in [0.15, 0.2) is 54.6 Å². The van der Waals surface area contributed by atoms with Crippen LogP contribution in [0.1, 0.15) is 42.3 Å². The van der Waals surface area contributed by atoms with Gasteiger partial charge in [-0.3, -0.25) is 4.79 Å². The molecule has 0 heterocycles. The van der Waals surface area contributed by atoms with Gasteiger partial charge in [0.05, 0.1) is 0 Å². The van der Waals surface area contributed by atoms with Crippen molar-refractivity contribution in [3.05, 3.63) is 71.3 Å². The molecule has 108 valence electrons. The van der Waals surface area contributed by atoms with Gasteiger partial charge in [0.25, 0.3) is 0 Å². The van der Waals surface area contributed by atoms with Crippen LogP contribution in [0.5, 0.6) is 0 Å². The number of hydrogen-bond donors (Lipinski definition) is 0. The lowest BCUT2D eigenvalue weighted by Gasteiger charge is -2.23. The summed E-state index contributed by atoms with van der Waals surface area (Å²) in [5.41, 5.74) is 4.99. The summed E-state index contributed by atoms with van der Waals surface area (Å²) < 4.78 is 0. The summed E-state index contributed by atoms with van der Waals surface area (Å²) in [6.45, 7) is 6.52. The number of hydrogen-bond acceptors (Lipinski definition) is 1. The van der Waals surface area contributed by atoms with Crippen molar-refractivity contribution in [3.8, 4) is 11.1 Å². The molecule has 0 atom stereocenters. The second kappa shape index (κ2) is 4.30. The summed E-state index contributed by atoms with van der Waals surface area (Å²) in [5, 5.41) is 2.37. The van der Waals surface area contributed by atoms with Crippen LogP contribution >= 0.6 is 0 Å². The van der Waals surface area contributed by atoms with Crippen LogP contribution in [0.4, 0.5) is 0 Å². The third-order valence-corrected chi connectivity index (χ3v) is 4.53. The lowest BCUT2D eigenvalue weighted by molar-refractivity contribution is 0.104. The number of fused-ring (bicyclic) bond motifs is 5. The zero-order chi connectivity index (χ0) is 15.5. The fourth-order valence-corrected chi connectivity index (χ4v) is 3.49. The maximum Gasteiger partial charge on any atom is 0.194 e. The van der Waals surface area contributed by atoms with E-state index in [2.05, 4.69) is 51.1 Å². The molecule has 0 N–H and O–H groups in total. The molecule has 0 spiro atoms. The van der Waals surface area contributed by atoms with E-state index >= 15 is 0 Å². The monoisotopic (exact) mass is 286 g/mol. The van der Waals surface area contributed by atoms with Crippen molar-refractivity contribution in [2.45, 2.75) is 26.2 Å². The van der Waals surface area contributed by atoms with E-state index in [1.807, 2.05) is 24.3 Å². The average Bonchev–Trinajstić information content (AvgIpc) is 2.80. The van der Waals surface area contributed by atoms with Crippen LogP contribution in [-0.4, -0.2) is 5.78 Å². The molecular weight excluding hydrogens is 268 g/mol. The maximum atomic E-state index is 13.0. The molecule has 0 amide bonds. The third-order valence-electron chi connectivity index (χ3n) is 4.53. The predicted octanol–water partition coefficient (Wildman–Crippen LogP) is 5.35. The van der Waals surface area contributed by atoms with Crippen LogP contribution in [0.25, 0.3) is 21.9 Å². The van der Waals surface area contributed by atoms with Gasteiger partial charge in [0, 0.05) is 16.7 Å². The Bertz CT molecular complexity index is 926. The highest BCUT2D eigenvalue weighted by Gasteiger charge is 2.33. The molecule has 3 aromatic rings. The number of benzene rings is 3. The van der Waals surface area contributed by atoms with Crippen molar-refractivity contribution in [1.29, 1.82) is 0 Å². The Hall–Kier alpha value is -2.41. The largest absolute Gasteiger partial charge is 0.289 e. The number of ketones is 1. The lowest BCUT2D eigenvalue weighted by atomic mass is 9.80. The van der Waals surface area contributed by atoms with E-state index in [1.165, 1.54) is 10.8 Å². The van der Waals surface area contributed by atoms with Gasteiger partial charge in [0.2, 0.25) is 0 Å². The van der Waals surface area contributed by atoms with Gasteiger partial charge in [-0.25, -0.2) is 0 Å². The molecule has 0 saturated carbocycles. The Morgan fingerprint density at radius 3 is 2.14 bits per heavy atom. The first kappa shape index (κ1) is 13.3. The highest BCUT2D eigenvalue weighted by molar-refractivity contribution is 6.27. The van der Waals surface area contributed by atoms with Gasteiger partial charge in [0.15, 0.2) is 5.78 Å². The number of carbonyl (C=O) groups is 1. The Balaban J connectivity index is 2.23. The van der Waals surface area contributed by atoms with Crippen molar-refractivity contribution in [2.75, 3.05) is 0 Å². The smallest absolute Gasteiger partial charge is 0.194 e. The van der Waals surface area contributed by atoms with Gasteiger partial charge >= 0.3 is 0 Å². The summed E-state index contributed by atoms with van der Waals surface area (Å²) in [4.78, 5) is 13.0. The Morgan fingerprint density at radius 1 is 0.773 bits per heavy atom. The third kappa shape index (κ3) is 1.69. The molecule has 1 heteroatoms. The standard InChI is InChI=1S/C21H18O/c1-21(2,3)17-12-13-8-4-5-9-14(13)18-15-10-6-7-11-16(15)20(22)19(17)18/h4-12H,1-3H3. The van der Waals surface area contributed by atoms with E-state index in [-0.39, 0.29) is 11.2 Å². The van der Waals surface area contributed by atoms with Crippen LogP contribution in [0.3, 0.4) is 0 Å². The maximum absolute atomic E-state index is 13.0. The van der Waals surface area contributed by atoms with Crippen LogP contribution in [0.2, 0.25) is 0 Å². The minimum absolute atomic E-state index is 0.0637. The number of rotatable bonds is 0. The van der Waals surface area contributed by atoms with Gasteiger partial charge in [-0.1, -0.05) is 69.3 Å². The normalized spacial score (nSPS) is 13.3. The van der Waals surface area contributed by atoms with Gasteiger partial charge in [-0.2, -0.15) is 0 Å². The lowest BCUT2D eigenvalue weighted by Crippen LogP contribution is -2.16. The first-order valence-electron chi connectivity index (χ1n) is 7.69. The molecule has 0 aliphatic heterocycles. The second-order valence-electron chi connectivity index (χ2n) is 7.02. The highest BCUT2D eigenvalue weighted by atomic mass is 16.1. The van der Waals surface area contributed by atoms with Crippen LogP contribution in [-0.2, 0) is 5.41 Å². The molecule has 4 rings (SSSR count). The van der Waals surface area contributed by atoms with Crippen molar-refractivity contribution in [2.24, 2.45) is 0 Å². The molecule has 1 aliphatic rings. The van der Waals surface area contributed by atoms with Gasteiger partial charge in [-0.05, 0) is 33.4 Å². The average molecular weight is 286 g/mol. The van der Waals surface area contributed by atoms with E-state index in [0.29, 0.717) is 0 Å². The van der Waals surface area contributed by atoms with E-state index in [1.54, 1.807) is 0 Å². The fourth-order valence-electron chi connectivity index (χ4n) is 3.49. The quantitative estimate of drug-likeness (QED) is 0.426. The Morgan fingerprint density at radius 2 is 1.41 bits per heavy atom. The first-order chi connectivity index (χ1) is 10.5. The Kier molecular flexibility index (Phi) is 2.59. The van der Waals surface area contributed by atoms with Crippen molar-refractivity contribution in [1.82, 2.24) is 0 Å². The molecule has 0 unspecified atom stereocenters. The van der Waals surface area contributed by atoms with Crippen LogP contribution < -0.4 is 0 Å². The SMILES string of the molecule is CC(C)(C)c1cc2ccccc2c2c1C(=O)c1ccccc1-2. The minimum Gasteiger partial charge on any atom is -0.289 e. The van der Waals surface area contributed by atoms with Crippen molar-refractivity contribution in [3.63, 3.8) is 0 Å². The molecule has 0 radical (unpaired) electrons. The molecule has 22 heavy (non-hydrogen) atoms. The summed E-state index contributed by atoms with van der Waals surface area (Å²) >= 11 is 0. The van der Waals surface area contributed by atoms with Gasteiger partial charge in [-0.15, -0.1) is 0 Å². The minimum atomic E-state index is -0.0637. The summed E-state index contributed by atoms with van der Waals surface area (Å²) in [6, 6.07) is 18.5. The highest BCUT2D eigenvalue weighted by Crippen LogP contribution is 2.45. The van der Waals surface area contributed by atoms with E-state index in [9.17, 15) is 4.79 Å². The topological polar surface area (TPSA) is 17.1 Å². The van der Waals surface area contributed by atoms with Crippen molar-refractivity contribution >= 4 is 16.6 Å². The molecule has 0 saturated heterocycles. The summed E-state index contributed by atoms with van der Waals surface area (Å²) in [6.07, 6.45) is 0. The second-order valence-corrected chi connectivity index (χ2v) is 7.02. The molecular formula is C21H18O. The molecule has 0 aromatic heterocycles. The van der Waals surface area contributed by atoms with Gasteiger partial charge in [0.1, 0.15) is 0 Å². The molecule has 3 aromatic carbocycles. The Labute approximate surface area is 130 Å². The first-order valence-corrected chi connectivity index (χ1v) is 7.69. The summed E-state index contributed by atoms with van der Waals surface area (Å²) in [7, 11) is 0.